The average molecular weight is 381 g/mol. The molecule has 2 heterocycles. The lowest BCUT2D eigenvalue weighted by Gasteiger charge is -2.35. The second kappa shape index (κ2) is 9.20. The first-order valence-electron chi connectivity index (χ1n) is 10.3. The van der Waals surface area contributed by atoms with Crippen molar-refractivity contribution in [2.75, 3.05) is 31.5 Å². The van der Waals surface area contributed by atoms with Crippen molar-refractivity contribution in [2.45, 2.75) is 46.1 Å². The smallest absolute Gasteiger partial charge is 0.321 e. The standard InChI is InChI=1S/C23H32N4O/c1-17(2)20-6-5-7-21(18(3)4)22(20)25-23(28)27-14-12-26(13-15-27)16-19-8-10-24-11-9-19/h5-11,17-18H,12-16H2,1-4H3,(H,25,28). The number of urea groups is 1. The van der Waals surface area contributed by atoms with Crippen molar-refractivity contribution in [1.29, 1.82) is 0 Å². The van der Waals surface area contributed by atoms with Gasteiger partial charge in [-0.3, -0.25) is 9.88 Å². The number of carbonyl (C=O) groups excluding carboxylic acids is 1. The molecule has 0 aliphatic carbocycles. The summed E-state index contributed by atoms with van der Waals surface area (Å²) in [7, 11) is 0. The Morgan fingerprint density at radius 2 is 1.54 bits per heavy atom. The van der Waals surface area contributed by atoms with Gasteiger partial charge in [0.1, 0.15) is 0 Å². The molecule has 28 heavy (non-hydrogen) atoms. The van der Waals surface area contributed by atoms with Crippen LogP contribution in [0.3, 0.4) is 0 Å². The molecule has 0 atom stereocenters. The fraction of sp³-hybridized carbons (Fsp3) is 0.478. The largest absolute Gasteiger partial charge is 0.322 e. The van der Waals surface area contributed by atoms with Crippen LogP contribution in [-0.4, -0.2) is 47.0 Å². The van der Waals surface area contributed by atoms with Crippen molar-refractivity contribution in [3.05, 3.63) is 59.4 Å². The zero-order valence-electron chi connectivity index (χ0n) is 17.5. The average Bonchev–Trinajstić information content (AvgIpc) is 2.69. The molecule has 5 nitrogen and oxygen atoms in total. The van der Waals surface area contributed by atoms with Crippen molar-refractivity contribution >= 4 is 11.7 Å². The molecule has 3 rings (SSSR count). The number of aromatic nitrogens is 1. The highest BCUT2D eigenvalue weighted by molar-refractivity contribution is 5.91. The summed E-state index contributed by atoms with van der Waals surface area (Å²) in [5.41, 5.74) is 4.67. The summed E-state index contributed by atoms with van der Waals surface area (Å²) in [6.45, 7) is 12.9. The third-order valence-corrected chi connectivity index (χ3v) is 5.42. The van der Waals surface area contributed by atoms with E-state index in [2.05, 4.69) is 73.2 Å². The molecule has 2 amide bonds. The number of rotatable bonds is 5. The third-order valence-electron chi connectivity index (χ3n) is 5.42. The van der Waals surface area contributed by atoms with Gasteiger partial charge in [-0.15, -0.1) is 0 Å². The van der Waals surface area contributed by atoms with Crippen LogP contribution in [-0.2, 0) is 6.54 Å². The molecule has 1 saturated heterocycles. The Morgan fingerprint density at radius 1 is 0.964 bits per heavy atom. The van der Waals surface area contributed by atoms with Crippen molar-refractivity contribution in [3.63, 3.8) is 0 Å². The highest BCUT2D eigenvalue weighted by atomic mass is 16.2. The number of pyridine rings is 1. The van der Waals surface area contributed by atoms with E-state index < -0.39 is 0 Å². The maximum atomic E-state index is 13.0. The van der Waals surface area contributed by atoms with Crippen molar-refractivity contribution in [2.24, 2.45) is 0 Å². The summed E-state index contributed by atoms with van der Waals surface area (Å²) in [5.74, 6) is 0.734. The minimum Gasteiger partial charge on any atom is -0.322 e. The fourth-order valence-corrected chi connectivity index (χ4v) is 3.74. The zero-order chi connectivity index (χ0) is 20.1. The molecule has 1 aliphatic heterocycles. The Morgan fingerprint density at radius 3 is 2.07 bits per heavy atom. The second-order valence-electron chi connectivity index (χ2n) is 8.17. The summed E-state index contributed by atoms with van der Waals surface area (Å²) in [4.78, 5) is 21.4. The van der Waals surface area contributed by atoms with Crippen LogP contribution < -0.4 is 5.32 Å². The predicted molar refractivity (Wildman–Crippen MR) is 115 cm³/mol. The van der Waals surface area contributed by atoms with Gasteiger partial charge < -0.3 is 10.2 Å². The van der Waals surface area contributed by atoms with Crippen molar-refractivity contribution in [1.82, 2.24) is 14.8 Å². The fourth-order valence-electron chi connectivity index (χ4n) is 3.74. The number of carbonyl (C=O) groups is 1. The van der Waals surface area contributed by atoms with Crippen LogP contribution in [0.25, 0.3) is 0 Å². The number of piperazine rings is 1. The number of hydrogen-bond donors (Lipinski definition) is 1. The van der Waals surface area contributed by atoms with Gasteiger partial charge in [-0.2, -0.15) is 0 Å². The Hall–Kier alpha value is -2.40. The molecule has 1 aliphatic rings. The molecule has 0 radical (unpaired) electrons. The van der Waals surface area contributed by atoms with E-state index in [9.17, 15) is 4.79 Å². The van der Waals surface area contributed by atoms with Crippen LogP contribution >= 0.6 is 0 Å². The van der Waals surface area contributed by atoms with Gasteiger partial charge in [-0.1, -0.05) is 45.9 Å². The maximum Gasteiger partial charge on any atom is 0.321 e. The van der Waals surface area contributed by atoms with Crippen LogP contribution in [0.4, 0.5) is 10.5 Å². The molecular formula is C23H32N4O. The highest BCUT2D eigenvalue weighted by Crippen LogP contribution is 2.32. The van der Waals surface area contributed by atoms with Crippen molar-refractivity contribution < 1.29 is 4.79 Å². The molecule has 1 fully saturated rings. The topological polar surface area (TPSA) is 48.5 Å². The van der Waals surface area contributed by atoms with Gasteiger partial charge in [0, 0.05) is 50.8 Å². The molecule has 2 aromatic rings. The molecule has 0 spiro atoms. The molecule has 1 aromatic carbocycles. The van der Waals surface area contributed by atoms with E-state index in [4.69, 9.17) is 0 Å². The van der Waals surface area contributed by atoms with E-state index in [0.717, 1.165) is 38.4 Å². The summed E-state index contributed by atoms with van der Waals surface area (Å²) >= 11 is 0. The van der Waals surface area contributed by atoms with Gasteiger partial charge in [-0.05, 0) is 40.7 Å². The minimum atomic E-state index is 0.0126. The van der Waals surface area contributed by atoms with Gasteiger partial charge in [0.05, 0.1) is 0 Å². The van der Waals surface area contributed by atoms with Crippen molar-refractivity contribution in [3.8, 4) is 0 Å². The van der Waals surface area contributed by atoms with Gasteiger partial charge >= 0.3 is 6.03 Å². The normalized spacial score (nSPS) is 15.3. The Labute approximate surface area is 168 Å². The van der Waals surface area contributed by atoms with Gasteiger partial charge in [0.2, 0.25) is 0 Å². The maximum absolute atomic E-state index is 13.0. The summed E-state index contributed by atoms with van der Waals surface area (Å²) in [6.07, 6.45) is 3.66. The lowest BCUT2D eigenvalue weighted by Crippen LogP contribution is -2.49. The Bertz CT molecular complexity index is 754. The first-order chi connectivity index (χ1) is 13.5. The molecule has 1 N–H and O–H groups in total. The molecule has 0 unspecified atom stereocenters. The number of nitrogens with zero attached hydrogens (tertiary/aromatic N) is 3. The number of benzene rings is 1. The molecular weight excluding hydrogens is 348 g/mol. The van der Waals surface area contributed by atoms with Crippen LogP contribution in [0.1, 0.15) is 56.2 Å². The number of amides is 2. The van der Waals surface area contributed by atoms with Crippen LogP contribution in [0.5, 0.6) is 0 Å². The lowest BCUT2D eigenvalue weighted by atomic mass is 9.93. The molecule has 5 heteroatoms. The first kappa shape index (κ1) is 20.3. The molecule has 0 bridgehead atoms. The summed E-state index contributed by atoms with van der Waals surface area (Å²) < 4.78 is 0. The quantitative estimate of drug-likeness (QED) is 0.819. The highest BCUT2D eigenvalue weighted by Gasteiger charge is 2.23. The summed E-state index contributed by atoms with van der Waals surface area (Å²) in [5, 5.41) is 3.24. The third kappa shape index (κ3) is 4.90. The summed E-state index contributed by atoms with van der Waals surface area (Å²) in [6, 6.07) is 10.5. The first-order valence-corrected chi connectivity index (χ1v) is 10.3. The van der Waals surface area contributed by atoms with E-state index in [1.165, 1.54) is 16.7 Å². The predicted octanol–water partition coefficient (Wildman–Crippen LogP) is 4.68. The minimum absolute atomic E-state index is 0.0126. The molecule has 0 saturated carbocycles. The van der Waals surface area contributed by atoms with E-state index in [0.29, 0.717) is 11.8 Å². The van der Waals surface area contributed by atoms with Crippen LogP contribution in [0.15, 0.2) is 42.7 Å². The number of hydrogen-bond acceptors (Lipinski definition) is 3. The lowest BCUT2D eigenvalue weighted by molar-refractivity contribution is 0.143. The molecule has 150 valence electrons. The number of nitrogens with one attached hydrogen (secondary N) is 1. The van der Waals surface area contributed by atoms with E-state index in [1.54, 1.807) is 0 Å². The van der Waals surface area contributed by atoms with E-state index in [-0.39, 0.29) is 6.03 Å². The Kier molecular flexibility index (Phi) is 6.68. The molecule has 1 aromatic heterocycles. The van der Waals surface area contributed by atoms with Crippen LogP contribution in [0, 0.1) is 0 Å². The number of para-hydroxylation sites is 1. The van der Waals surface area contributed by atoms with E-state index in [1.807, 2.05) is 17.3 Å². The Balaban J connectivity index is 1.63. The second-order valence-corrected chi connectivity index (χ2v) is 8.17. The van der Waals surface area contributed by atoms with Gasteiger partial charge in [0.25, 0.3) is 0 Å². The SMILES string of the molecule is CC(C)c1cccc(C(C)C)c1NC(=O)N1CCN(Cc2ccncc2)CC1. The van der Waals surface area contributed by atoms with Gasteiger partial charge in [-0.25, -0.2) is 4.79 Å². The van der Waals surface area contributed by atoms with Gasteiger partial charge in [0.15, 0.2) is 0 Å². The zero-order valence-corrected chi connectivity index (χ0v) is 17.5. The van der Waals surface area contributed by atoms with Crippen LogP contribution in [0.2, 0.25) is 0 Å². The monoisotopic (exact) mass is 380 g/mol. The van der Waals surface area contributed by atoms with E-state index >= 15 is 0 Å². The number of anilines is 1.